The minimum Gasteiger partial charge on any atom is -0.426 e. The van der Waals surface area contributed by atoms with Crippen LogP contribution in [0.5, 0.6) is 5.75 Å². The number of anilines is 2. The van der Waals surface area contributed by atoms with E-state index < -0.39 is 17.7 Å². The Bertz CT molecular complexity index is 1220. The highest BCUT2D eigenvalue weighted by Gasteiger charge is 2.48. The molecule has 2 fully saturated rings. The maximum Gasteiger partial charge on any atom is 0.316 e. The van der Waals surface area contributed by atoms with Crippen molar-refractivity contribution in [1.82, 2.24) is 0 Å². The molecule has 0 unspecified atom stereocenters. The Morgan fingerprint density at radius 2 is 1.71 bits per heavy atom. The van der Waals surface area contributed by atoms with Gasteiger partial charge in [-0.05, 0) is 56.2 Å². The SMILES string of the molecule is CC1=CC[C@@H]2C(=O)N(c3cccc(OC(=O)[C@H]4CC(=O)N(c5ccc(F)cc5)C4)c3)C(=O)[C@H]2C1. The van der Waals surface area contributed by atoms with Gasteiger partial charge in [0.15, 0.2) is 0 Å². The lowest BCUT2D eigenvalue weighted by Crippen LogP contribution is -2.31. The van der Waals surface area contributed by atoms with Crippen LogP contribution in [-0.4, -0.2) is 30.2 Å². The highest BCUT2D eigenvalue weighted by atomic mass is 19.1. The van der Waals surface area contributed by atoms with E-state index in [9.17, 15) is 23.6 Å². The number of fused-ring (bicyclic) bond motifs is 1. The Kier molecular flexibility index (Phi) is 5.51. The van der Waals surface area contributed by atoms with Crippen molar-refractivity contribution in [3.63, 3.8) is 0 Å². The van der Waals surface area contributed by atoms with Gasteiger partial charge in [0.25, 0.3) is 0 Å². The normalized spacial score (nSPS) is 24.4. The molecule has 0 N–H and O–H groups in total. The van der Waals surface area contributed by atoms with Gasteiger partial charge in [0.05, 0.1) is 23.4 Å². The molecule has 174 valence electrons. The van der Waals surface area contributed by atoms with Crippen molar-refractivity contribution in [2.75, 3.05) is 16.3 Å². The largest absolute Gasteiger partial charge is 0.426 e. The molecule has 1 aliphatic carbocycles. The van der Waals surface area contributed by atoms with Crippen molar-refractivity contribution in [2.45, 2.75) is 26.2 Å². The zero-order valence-corrected chi connectivity index (χ0v) is 18.6. The summed E-state index contributed by atoms with van der Waals surface area (Å²) in [6, 6.07) is 11.8. The van der Waals surface area contributed by atoms with Gasteiger partial charge in [0.1, 0.15) is 11.6 Å². The first-order chi connectivity index (χ1) is 16.3. The molecule has 0 bridgehead atoms. The smallest absolute Gasteiger partial charge is 0.316 e. The predicted octanol–water partition coefficient (Wildman–Crippen LogP) is 3.63. The summed E-state index contributed by atoms with van der Waals surface area (Å²) in [7, 11) is 0. The van der Waals surface area contributed by atoms with Crippen LogP contribution in [0.1, 0.15) is 26.2 Å². The third-order valence-electron chi connectivity index (χ3n) is 6.71. The molecule has 3 aliphatic rings. The molecule has 2 aliphatic heterocycles. The second kappa shape index (κ2) is 8.52. The number of nitrogens with zero attached hydrogens (tertiary/aromatic N) is 2. The molecule has 0 aromatic heterocycles. The van der Waals surface area contributed by atoms with Crippen LogP contribution in [0.15, 0.2) is 60.2 Å². The molecule has 3 atom stereocenters. The first-order valence-electron chi connectivity index (χ1n) is 11.2. The van der Waals surface area contributed by atoms with Crippen LogP contribution >= 0.6 is 0 Å². The van der Waals surface area contributed by atoms with Crippen molar-refractivity contribution in [1.29, 1.82) is 0 Å². The minimum atomic E-state index is -0.687. The van der Waals surface area contributed by atoms with E-state index in [0.29, 0.717) is 24.2 Å². The highest BCUT2D eigenvalue weighted by Crippen LogP contribution is 2.40. The van der Waals surface area contributed by atoms with Crippen molar-refractivity contribution in [3.05, 3.63) is 66.0 Å². The van der Waals surface area contributed by atoms with E-state index in [1.165, 1.54) is 40.1 Å². The molecule has 3 amide bonds. The Labute approximate surface area is 195 Å². The zero-order valence-electron chi connectivity index (χ0n) is 18.6. The number of benzene rings is 2. The molecule has 8 heteroatoms. The van der Waals surface area contributed by atoms with Crippen molar-refractivity contribution in [3.8, 4) is 5.75 Å². The van der Waals surface area contributed by atoms with Crippen LogP contribution in [0.4, 0.5) is 15.8 Å². The number of halogens is 1. The van der Waals surface area contributed by atoms with Gasteiger partial charge in [-0.15, -0.1) is 0 Å². The number of hydrogen-bond donors (Lipinski definition) is 0. The van der Waals surface area contributed by atoms with E-state index in [1.54, 1.807) is 18.2 Å². The predicted molar refractivity (Wildman–Crippen MR) is 121 cm³/mol. The van der Waals surface area contributed by atoms with Crippen LogP contribution in [0.25, 0.3) is 0 Å². The Balaban J connectivity index is 1.29. The quantitative estimate of drug-likeness (QED) is 0.300. The lowest BCUT2D eigenvalue weighted by atomic mass is 9.82. The van der Waals surface area contributed by atoms with Crippen LogP contribution in [-0.2, 0) is 19.2 Å². The fourth-order valence-corrected chi connectivity index (χ4v) is 4.91. The minimum absolute atomic E-state index is 0.0191. The lowest BCUT2D eigenvalue weighted by Gasteiger charge is -2.18. The Hall–Kier alpha value is -3.81. The van der Waals surface area contributed by atoms with E-state index >= 15 is 0 Å². The van der Waals surface area contributed by atoms with Gasteiger partial charge in [0, 0.05) is 24.7 Å². The molecule has 2 heterocycles. The fourth-order valence-electron chi connectivity index (χ4n) is 4.91. The summed E-state index contributed by atoms with van der Waals surface area (Å²) in [6.07, 6.45) is 3.11. The second-order valence-electron chi connectivity index (χ2n) is 9.02. The summed E-state index contributed by atoms with van der Waals surface area (Å²) in [4.78, 5) is 53.7. The molecule has 2 aromatic rings. The third kappa shape index (κ3) is 3.89. The first-order valence-corrected chi connectivity index (χ1v) is 11.2. The highest BCUT2D eigenvalue weighted by molar-refractivity contribution is 6.22. The van der Waals surface area contributed by atoms with Gasteiger partial charge in [-0.1, -0.05) is 17.7 Å². The topological polar surface area (TPSA) is 84.0 Å². The first kappa shape index (κ1) is 22.0. The zero-order chi connectivity index (χ0) is 24.0. The summed E-state index contributed by atoms with van der Waals surface area (Å²) < 4.78 is 18.7. The summed E-state index contributed by atoms with van der Waals surface area (Å²) in [5.41, 5.74) is 1.98. The number of carbonyl (C=O) groups excluding carboxylic acids is 4. The molecule has 0 saturated carbocycles. The number of rotatable bonds is 4. The molecule has 0 radical (unpaired) electrons. The van der Waals surface area contributed by atoms with E-state index in [4.69, 9.17) is 4.74 Å². The number of esters is 1. The molecule has 7 nitrogen and oxygen atoms in total. The molecule has 2 aromatic carbocycles. The molecule has 0 spiro atoms. The number of allylic oxidation sites excluding steroid dienone is 2. The number of imide groups is 1. The lowest BCUT2D eigenvalue weighted by molar-refractivity contribution is -0.139. The number of carbonyl (C=O) groups is 4. The number of ether oxygens (including phenoxy) is 1. The maximum absolute atomic E-state index is 13.2. The van der Waals surface area contributed by atoms with Crippen LogP contribution in [0, 0.1) is 23.6 Å². The van der Waals surface area contributed by atoms with Gasteiger partial charge in [-0.3, -0.25) is 19.2 Å². The Morgan fingerprint density at radius 1 is 0.971 bits per heavy atom. The molecule has 2 saturated heterocycles. The molecule has 34 heavy (non-hydrogen) atoms. The van der Waals surface area contributed by atoms with Gasteiger partial charge in [0.2, 0.25) is 17.7 Å². The summed E-state index contributed by atoms with van der Waals surface area (Å²) in [5, 5.41) is 0. The summed E-state index contributed by atoms with van der Waals surface area (Å²) in [5.74, 6) is -2.92. The number of hydrogen-bond acceptors (Lipinski definition) is 5. The van der Waals surface area contributed by atoms with Gasteiger partial charge >= 0.3 is 5.97 Å². The van der Waals surface area contributed by atoms with E-state index in [0.717, 1.165) is 5.57 Å². The fraction of sp³-hybridized carbons (Fsp3) is 0.308. The van der Waals surface area contributed by atoms with Crippen molar-refractivity contribution >= 4 is 35.1 Å². The van der Waals surface area contributed by atoms with E-state index in [-0.39, 0.29) is 48.3 Å². The monoisotopic (exact) mass is 462 g/mol. The van der Waals surface area contributed by atoms with Crippen molar-refractivity contribution in [2.24, 2.45) is 17.8 Å². The van der Waals surface area contributed by atoms with Crippen molar-refractivity contribution < 1.29 is 28.3 Å². The van der Waals surface area contributed by atoms with Gasteiger partial charge in [-0.25, -0.2) is 9.29 Å². The second-order valence-corrected chi connectivity index (χ2v) is 9.02. The maximum atomic E-state index is 13.2. The molecule has 5 rings (SSSR count). The average molecular weight is 462 g/mol. The van der Waals surface area contributed by atoms with Crippen LogP contribution in [0.3, 0.4) is 0 Å². The standard InChI is InChI=1S/C26H23FN2O5/c1-15-5-10-21-22(11-15)25(32)29(24(21)31)19-3-2-4-20(13-19)34-26(33)16-12-23(30)28(14-16)18-8-6-17(27)7-9-18/h2-9,13,16,21-22H,10-12,14H2,1H3/t16-,21-,22-/m0/s1. The summed E-state index contributed by atoms with van der Waals surface area (Å²) >= 11 is 0. The van der Waals surface area contributed by atoms with Gasteiger partial charge in [-0.2, -0.15) is 0 Å². The molecular formula is C26H23FN2O5. The molecular weight excluding hydrogens is 439 g/mol. The van der Waals surface area contributed by atoms with Crippen LogP contribution < -0.4 is 14.5 Å². The Morgan fingerprint density at radius 3 is 2.47 bits per heavy atom. The van der Waals surface area contributed by atoms with E-state index in [1.807, 2.05) is 13.0 Å². The van der Waals surface area contributed by atoms with Gasteiger partial charge < -0.3 is 9.64 Å². The van der Waals surface area contributed by atoms with Crippen LogP contribution in [0.2, 0.25) is 0 Å². The summed E-state index contributed by atoms with van der Waals surface area (Å²) in [6.45, 7) is 2.09. The number of amides is 3. The third-order valence-corrected chi connectivity index (χ3v) is 6.71. The van der Waals surface area contributed by atoms with E-state index in [2.05, 4.69) is 0 Å². The average Bonchev–Trinajstić information content (AvgIpc) is 3.32.